The first kappa shape index (κ1) is 19.7. The van der Waals surface area contributed by atoms with Gasteiger partial charge in [0.05, 0.1) is 6.10 Å². The van der Waals surface area contributed by atoms with E-state index in [-0.39, 0.29) is 12.0 Å². The second kappa shape index (κ2) is 8.12. The lowest BCUT2D eigenvalue weighted by Crippen LogP contribution is -2.27. The lowest BCUT2D eigenvalue weighted by molar-refractivity contribution is 0.170. The van der Waals surface area contributed by atoms with E-state index in [0.29, 0.717) is 0 Å². The van der Waals surface area contributed by atoms with Crippen LogP contribution in [0.3, 0.4) is 0 Å². The van der Waals surface area contributed by atoms with Crippen molar-refractivity contribution in [1.29, 1.82) is 0 Å². The van der Waals surface area contributed by atoms with Crippen LogP contribution in [0.2, 0.25) is 0 Å². The Hall–Kier alpha value is -2.25. The largest absolute Gasteiger partial charge is 0.392 e. The molecule has 1 aromatic heterocycles. The van der Waals surface area contributed by atoms with E-state index in [0.717, 1.165) is 6.42 Å². The van der Waals surface area contributed by atoms with Crippen molar-refractivity contribution in [3.8, 4) is 0 Å². The zero-order chi connectivity index (χ0) is 20.7. The maximum absolute atomic E-state index is 11.2. The molecule has 0 aliphatic heterocycles. The molecule has 3 heteroatoms. The molecule has 0 radical (unpaired) electrons. The average Bonchev–Trinajstić information content (AvgIpc) is 3.24. The van der Waals surface area contributed by atoms with Gasteiger partial charge in [-0.3, -0.25) is 0 Å². The van der Waals surface area contributed by atoms with E-state index in [1.54, 1.807) is 0 Å². The summed E-state index contributed by atoms with van der Waals surface area (Å²) in [6.07, 6.45) is 0.376. The van der Waals surface area contributed by atoms with E-state index in [4.69, 9.17) is 0 Å². The Labute approximate surface area is 183 Å². The van der Waals surface area contributed by atoms with E-state index < -0.39 is 7.92 Å². The summed E-state index contributed by atoms with van der Waals surface area (Å²) >= 11 is 1.88. The number of rotatable bonds is 4. The number of hydrogen-bond acceptors (Lipinski definition) is 2. The second-order valence-corrected chi connectivity index (χ2v) is 11.5. The standard InChI is InChI=1S/C27H25OPS/c1-18-25(26-23-16-10-9-11-20(23)17-24(26)28)27(19(2)30-18)29(21-12-5-3-6-13-21)22-14-7-4-8-15-22/h3-16,24,26,28H,17H2,1-2H3. The van der Waals surface area contributed by atoms with Gasteiger partial charge in [-0.2, -0.15) is 0 Å². The number of hydrogen-bond donors (Lipinski definition) is 1. The molecule has 0 bridgehead atoms. The molecule has 0 saturated carbocycles. The van der Waals surface area contributed by atoms with Crippen LogP contribution in [0.15, 0.2) is 84.9 Å². The highest BCUT2D eigenvalue weighted by atomic mass is 32.1. The van der Waals surface area contributed by atoms with Gasteiger partial charge in [-0.1, -0.05) is 84.9 Å². The van der Waals surface area contributed by atoms with E-state index >= 15 is 0 Å². The molecule has 2 atom stereocenters. The van der Waals surface area contributed by atoms with Crippen molar-refractivity contribution in [2.45, 2.75) is 32.3 Å². The van der Waals surface area contributed by atoms with Gasteiger partial charge in [0.15, 0.2) is 0 Å². The fourth-order valence-corrected chi connectivity index (χ4v) is 8.93. The van der Waals surface area contributed by atoms with Crippen LogP contribution in [0.5, 0.6) is 0 Å². The van der Waals surface area contributed by atoms with Crippen molar-refractivity contribution in [3.05, 3.63) is 111 Å². The highest BCUT2D eigenvalue weighted by Crippen LogP contribution is 2.46. The molecule has 1 aliphatic carbocycles. The number of aliphatic hydroxyl groups is 1. The number of thiophene rings is 1. The minimum absolute atomic E-state index is 0.0542. The molecule has 3 aromatic carbocycles. The quantitative estimate of drug-likeness (QED) is 0.445. The number of aliphatic hydroxyl groups excluding tert-OH is 1. The van der Waals surface area contributed by atoms with Gasteiger partial charge in [-0.05, 0) is 55.5 Å². The van der Waals surface area contributed by atoms with Crippen molar-refractivity contribution in [2.24, 2.45) is 0 Å². The summed E-state index contributed by atoms with van der Waals surface area (Å²) in [5.74, 6) is 0.0542. The SMILES string of the molecule is Cc1sc(C)c(P(c2ccccc2)c2ccccc2)c1C1c2ccccc2CC1O. The summed E-state index contributed by atoms with van der Waals surface area (Å²) in [6, 6.07) is 30.3. The zero-order valence-electron chi connectivity index (χ0n) is 17.2. The van der Waals surface area contributed by atoms with Gasteiger partial charge in [-0.25, -0.2) is 0 Å². The Morgan fingerprint density at radius 1 is 0.767 bits per heavy atom. The summed E-state index contributed by atoms with van der Waals surface area (Å²) in [7, 11) is -0.692. The van der Waals surface area contributed by atoms with Crippen molar-refractivity contribution in [1.82, 2.24) is 0 Å². The second-order valence-electron chi connectivity index (χ2n) is 7.93. The van der Waals surface area contributed by atoms with Crippen molar-refractivity contribution in [3.63, 3.8) is 0 Å². The van der Waals surface area contributed by atoms with Gasteiger partial charge in [0, 0.05) is 21.0 Å². The summed E-state index contributed by atoms with van der Waals surface area (Å²) in [5, 5.41) is 15.3. The normalized spacial score (nSPS) is 18.0. The minimum Gasteiger partial charge on any atom is -0.392 e. The Balaban J connectivity index is 1.75. The lowest BCUT2D eigenvalue weighted by atomic mass is 9.91. The Bertz CT molecular complexity index is 1130. The fourth-order valence-electron chi connectivity index (χ4n) is 4.82. The van der Waals surface area contributed by atoms with Gasteiger partial charge in [0.1, 0.15) is 0 Å². The Kier molecular flexibility index (Phi) is 5.33. The first-order valence-corrected chi connectivity index (χ1v) is 12.6. The van der Waals surface area contributed by atoms with Crippen LogP contribution >= 0.6 is 19.3 Å². The van der Waals surface area contributed by atoms with Gasteiger partial charge >= 0.3 is 0 Å². The van der Waals surface area contributed by atoms with Crippen molar-refractivity contribution in [2.75, 3.05) is 0 Å². The van der Waals surface area contributed by atoms with Crippen molar-refractivity contribution < 1.29 is 5.11 Å². The first-order valence-electron chi connectivity index (χ1n) is 10.4. The summed E-state index contributed by atoms with van der Waals surface area (Å²) in [4.78, 5) is 2.71. The molecule has 0 spiro atoms. The van der Waals surface area contributed by atoms with E-state index in [1.165, 1.54) is 42.4 Å². The van der Waals surface area contributed by atoms with Crippen LogP contribution in [-0.4, -0.2) is 11.2 Å². The third kappa shape index (κ3) is 3.34. The summed E-state index contributed by atoms with van der Waals surface area (Å²) < 4.78 is 0. The van der Waals surface area contributed by atoms with E-state index in [1.807, 2.05) is 11.3 Å². The van der Waals surface area contributed by atoms with Gasteiger partial charge < -0.3 is 5.11 Å². The molecule has 150 valence electrons. The molecular formula is C27H25OPS. The fraction of sp³-hybridized carbons (Fsp3) is 0.185. The molecule has 1 aliphatic rings. The predicted octanol–water partition coefficient (Wildman–Crippen LogP) is 5.17. The van der Waals surface area contributed by atoms with Crippen molar-refractivity contribution >= 4 is 35.2 Å². The maximum Gasteiger partial charge on any atom is 0.0690 e. The number of fused-ring (bicyclic) bond motifs is 1. The third-order valence-corrected chi connectivity index (χ3v) is 9.88. The average molecular weight is 429 g/mol. The van der Waals surface area contributed by atoms with Crippen LogP contribution in [0.4, 0.5) is 0 Å². The highest BCUT2D eigenvalue weighted by molar-refractivity contribution is 7.80. The predicted molar refractivity (Wildman–Crippen MR) is 130 cm³/mol. The zero-order valence-corrected chi connectivity index (χ0v) is 19.0. The molecule has 0 fully saturated rings. The molecule has 0 amide bonds. The topological polar surface area (TPSA) is 20.2 Å². The number of aryl methyl sites for hydroxylation is 2. The van der Waals surface area contributed by atoms with Crippen LogP contribution in [0.25, 0.3) is 0 Å². The Morgan fingerprint density at radius 3 is 1.97 bits per heavy atom. The molecule has 30 heavy (non-hydrogen) atoms. The molecule has 2 unspecified atom stereocenters. The summed E-state index contributed by atoms with van der Waals surface area (Å²) in [5.41, 5.74) is 3.94. The van der Waals surface area contributed by atoms with E-state index in [9.17, 15) is 5.11 Å². The van der Waals surface area contributed by atoms with Crippen LogP contribution in [0.1, 0.15) is 32.4 Å². The van der Waals surface area contributed by atoms with Crippen LogP contribution < -0.4 is 15.9 Å². The molecule has 1 N–H and O–H groups in total. The molecule has 4 aromatic rings. The maximum atomic E-state index is 11.2. The third-order valence-electron chi connectivity index (χ3n) is 6.04. The van der Waals surface area contributed by atoms with Crippen LogP contribution in [-0.2, 0) is 6.42 Å². The molecule has 1 nitrogen and oxygen atoms in total. The Morgan fingerprint density at radius 2 is 1.33 bits per heavy atom. The van der Waals surface area contributed by atoms with Gasteiger partial charge in [0.25, 0.3) is 0 Å². The molecule has 0 saturated heterocycles. The number of benzene rings is 3. The lowest BCUT2D eigenvalue weighted by Gasteiger charge is -2.25. The van der Waals surface area contributed by atoms with Gasteiger partial charge in [0.2, 0.25) is 0 Å². The molecular weight excluding hydrogens is 403 g/mol. The van der Waals surface area contributed by atoms with E-state index in [2.05, 4.69) is 98.8 Å². The van der Waals surface area contributed by atoms with Gasteiger partial charge in [-0.15, -0.1) is 11.3 Å². The van der Waals surface area contributed by atoms with Crippen LogP contribution in [0, 0.1) is 13.8 Å². The minimum atomic E-state index is -0.692. The molecule has 1 heterocycles. The highest BCUT2D eigenvalue weighted by Gasteiger charge is 2.37. The molecule has 5 rings (SSSR count). The summed E-state index contributed by atoms with van der Waals surface area (Å²) in [6.45, 7) is 4.48. The smallest absolute Gasteiger partial charge is 0.0690 e. The monoisotopic (exact) mass is 428 g/mol. The first-order chi connectivity index (χ1) is 14.6.